The van der Waals surface area contributed by atoms with Gasteiger partial charge in [0.1, 0.15) is 11.6 Å². The summed E-state index contributed by atoms with van der Waals surface area (Å²) in [7, 11) is 1.65. The molecule has 29 heavy (non-hydrogen) atoms. The van der Waals surface area contributed by atoms with Crippen LogP contribution in [0.2, 0.25) is 0 Å². The van der Waals surface area contributed by atoms with Crippen molar-refractivity contribution in [3.05, 3.63) is 89.1 Å². The fourth-order valence-electron chi connectivity index (χ4n) is 3.61. The zero-order valence-corrected chi connectivity index (χ0v) is 16.6. The molecule has 0 spiro atoms. The number of nitrogens with one attached hydrogen (secondary N) is 1. The summed E-state index contributed by atoms with van der Waals surface area (Å²) in [5.41, 5.74) is 4.50. The minimum Gasteiger partial charge on any atom is -0.497 e. The number of nitrogens with zero attached hydrogens (tertiary/aromatic N) is 2. The molecule has 0 aliphatic carbocycles. The lowest BCUT2D eigenvalue weighted by Crippen LogP contribution is -2.31. The highest BCUT2D eigenvalue weighted by molar-refractivity contribution is 5.94. The summed E-state index contributed by atoms with van der Waals surface area (Å²) in [5.74, 6) is 1.65. The second-order valence-corrected chi connectivity index (χ2v) is 7.20. The van der Waals surface area contributed by atoms with Crippen LogP contribution in [-0.4, -0.2) is 31.1 Å². The Kier molecular flexibility index (Phi) is 5.75. The summed E-state index contributed by atoms with van der Waals surface area (Å²) in [6.07, 6.45) is 3.46. The number of anilines is 1. The molecule has 0 saturated heterocycles. The smallest absolute Gasteiger partial charge is 0.252 e. The molecule has 0 fully saturated rings. The van der Waals surface area contributed by atoms with E-state index in [4.69, 9.17) is 4.74 Å². The van der Waals surface area contributed by atoms with Crippen LogP contribution in [0.4, 0.5) is 5.82 Å². The van der Waals surface area contributed by atoms with Crippen LogP contribution < -0.4 is 15.0 Å². The summed E-state index contributed by atoms with van der Waals surface area (Å²) in [6, 6.07) is 20.2. The number of ether oxygens (including phenoxy) is 1. The lowest BCUT2D eigenvalue weighted by atomic mass is 10.00. The Labute approximate surface area is 171 Å². The SMILES string of the molecule is COc1ccc(CCNC(=O)c2ccc(N3CCc4ccccc4C3)nc2)cc1. The molecule has 0 atom stereocenters. The van der Waals surface area contributed by atoms with Gasteiger partial charge in [0, 0.05) is 25.8 Å². The molecule has 1 aliphatic heterocycles. The van der Waals surface area contributed by atoms with Gasteiger partial charge in [-0.05, 0) is 53.8 Å². The number of hydrogen-bond donors (Lipinski definition) is 1. The first-order valence-electron chi connectivity index (χ1n) is 9.92. The molecule has 4 rings (SSSR count). The summed E-state index contributed by atoms with van der Waals surface area (Å²) in [5, 5.41) is 2.96. The van der Waals surface area contributed by atoms with Crippen LogP contribution >= 0.6 is 0 Å². The van der Waals surface area contributed by atoms with Gasteiger partial charge < -0.3 is 15.0 Å². The largest absolute Gasteiger partial charge is 0.497 e. The van der Waals surface area contributed by atoms with Crippen LogP contribution in [0.5, 0.6) is 5.75 Å². The van der Waals surface area contributed by atoms with Gasteiger partial charge in [-0.1, -0.05) is 36.4 Å². The van der Waals surface area contributed by atoms with Gasteiger partial charge in [0.15, 0.2) is 0 Å². The van der Waals surface area contributed by atoms with E-state index in [-0.39, 0.29) is 5.91 Å². The third kappa shape index (κ3) is 4.57. The summed E-state index contributed by atoms with van der Waals surface area (Å²) in [6.45, 7) is 2.38. The van der Waals surface area contributed by atoms with Crippen LogP contribution in [0.3, 0.4) is 0 Å². The van der Waals surface area contributed by atoms with E-state index in [0.29, 0.717) is 12.1 Å². The maximum Gasteiger partial charge on any atom is 0.252 e. The number of aromatic nitrogens is 1. The molecule has 0 bridgehead atoms. The second-order valence-electron chi connectivity index (χ2n) is 7.20. The third-order valence-corrected chi connectivity index (χ3v) is 5.32. The van der Waals surface area contributed by atoms with Gasteiger partial charge in [0.25, 0.3) is 5.91 Å². The molecular weight excluding hydrogens is 362 g/mol. The number of carbonyl (C=O) groups excluding carboxylic acids is 1. The second kappa shape index (κ2) is 8.78. The Morgan fingerprint density at radius 1 is 1.07 bits per heavy atom. The molecule has 2 heterocycles. The average Bonchev–Trinajstić information content (AvgIpc) is 2.79. The normalized spacial score (nSPS) is 12.9. The molecule has 3 aromatic rings. The molecule has 0 unspecified atom stereocenters. The number of pyridine rings is 1. The van der Waals surface area contributed by atoms with Crippen molar-refractivity contribution < 1.29 is 9.53 Å². The van der Waals surface area contributed by atoms with Crippen LogP contribution in [-0.2, 0) is 19.4 Å². The first-order valence-corrected chi connectivity index (χ1v) is 9.92. The van der Waals surface area contributed by atoms with Crippen molar-refractivity contribution in [2.45, 2.75) is 19.4 Å². The van der Waals surface area contributed by atoms with Crippen molar-refractivity contribution >= 4 is 11.7 Å². The fourth-order valence-corrected chi connectivity index (χ4v) is 3.61. The third-order valence-electron chi connectivity index (χ3n) is 5.32. The molecule has 0 saturated carbocycles. The van der Waals surface area contributed by atoms with Gasteiger partial charge in [0.05, 0.1) is 12.7 Å². The van der Waals surface area contributed by atoms with Gasteiger partial charge in [-0.2, -0.15) is 0 Å². The minimum absolute atomic E-state index is 0.0958. The van der Waals surface area contributed by atoms with Crippen molar-refractivity contribution in [2.24, 2.45) is 0 Å². The minimum atomic E-state index is -0.0958. The lowest BCUT2D eigenvalue weighted by Gasteiger charge is -2.29. The van der Waals surface area contributed by atoms with Crippen molar-refractivity contribution in [3.63, 3.8) is 0 Å². The van der Waals surface area contributed by atoms with E-state index in [0.717, 1.165) is 43.1 Å². The van der Waals surface area contributed by atoms with E-state index in [9.17, 15) is 4.79 Å². The zero-order valence-electron chi connectivity index (χ0n) is 16.6. The number of rotatable bonds is 6. The van der Waals surface area contributed by atoms with Crippen molar-refractivity contribution in [1.29, 1.82) is 0 Å². The molecule has 1 N–H and O–H groups in total. The average molecular weight is 387 g/mol. The van der Waals surface area contributed by atoms with Gasteiger partial charge >= 0.3 is 0 Å². The summed E-state index contributed by atoms with van der Waals surface area (Å²) >= 11 is 0. The first-order chi connectivity index (χ1) is 14.2. The highest BCUT2D eigenvalue weighted by atomic mass is 16.5. The van der Waals surface area contributed by atoms with Crippen LogP contribution in [0.1, 0.15) is 27.0 Å². The quantitative estimate of drug-likeness (QED) is 0.702. The molecule has 148 valence electrons. The molecule has 1 aliphatic rings. The standard InChI is InChI=1S/C24H25N3O2/c1-29-22-9-6-18(7-10-22)12-14-25-24(28)20-8-11-23(26-16-20)27-15-13-19-4-2-3-5-21(19)17-27/h2-11,16H,12-15,17H2,1H3,(H,25,28). The van der Waals surface area contributed by atoms with E-state index in [1.807, 2.05) is 36.4 Å². The highest BCUT2D eigenvalue weighted by Crippen LogP contribution is 2.23. The van der Waals surface area contributed by atoms with Crippen LogP contribution in [0, 0.1) is 0 Å². The molecule has 2 aromatic carbocycles. The molecule has 0 radical (unpaired) electrons. The van der Waals surface area contributed by atoms with Crippen LogP contribution in [0.15, 0.2) is 66.9 Å². The van der Waals surface area contributed by atoms with Gasteiger partial charge in [-0.25, -0.2) is 4.98 Å². The predicted molar refractivity (Wildman–Crippen MR) is 114 cm³/mol. The van der Waals surface area contributed by atoms with Crippen molar-refractivity contribution in [2.75, 3.05) is 25.1 Å². The summed E-state index contributed by atoms with van der Waals surface area (Å²) < 4.78 is 5.16. The van der Waals surface area contributed by atoms with Gasteiger partial charge in [-0.15, -0.1) is 0 Å². The molecular formula is C24H25N3O2. The number of methoxy groups -OCH3 is 1. The molecule has 1 aromatic heterocycles. The van der Waals surface area contributed by atoms with Gasteiger partial charge in [0.2, 0.25) is 0 Å². The topological polar surface area (TPSA) is 54.5 Å². The van der Waals surface area contributed by atoms with Crippen LogP contribution in [0.25, 0.3) is 0 Å². The maximum atomic E-state index is 12.4. The number of amides is 1. The monoisotopic (exact) mass is 387 g/mol. The Morgan fingerprint density at radius 2 is 1.86 bits per heavy atom. The van der Waals surface area contributed by atoms with E-state index in [1.165, 1.54) is 11.1 Å². The Balaban J connectivity index is 1.31. The number of hydrogen-bond acceptors (Lipinski definition) is 4. The van der Waals surface area contributed by atoms with Crippen molar-refractivity contribution in [3.8, 4) is 5.75 Å². The first kappa shape index (κ1) is 19.0. The molecule has 5 heteroatoms. The number of carbonyl (C=O) groups is 1. The van der Waals surface area contributed by atoms with E-state index >= 15 is 0 Å². The van der Waals surface area contributed by atoms with E-state index in [2.05, 4.69) is 39.5 Å². The van der Waals surface area contributed by atoms with Gasteiger partial charge in [-0.3, -0.25) is 4.79 Å². The number of fused-ring (bicyclic) bond motifs is 1. The fraction of sp³-hybridized carbons (Fsp3) is 0.250. The molecule has 1 amide bonds. The summed E-state index contributed by atoms with van der Waals surface area (Å²) in [4.78, 5) is 19.2. The predicted octanol–water partition coefficient (Wildman–Crippen LogP) is 3.63. The highest BCUT2D eigenvalue weighted by Gasteiger charge is 2.17. The molecule has 5 nitrogen and oxygen atoms in total. The lowest BCUT2D eigenvalue weighted by molar-refractivity contribution is 0.0954. The van der Waals surface area contributed by atoms with E-state index in [1.54, 1.807) is 13.3 Å². The Bertz CT molecular complexity index is 968. The Morgan fingerprint density at radius 3 is 2.59 bits per heavy atom. The zero-order chi connectivity index (χ0) is 20.1. The number of benzene rings is 2. The van der Waals surface area contributed by atoms with Crippen molar-refractivity contribution in [1.82, 2.24) is 10.3 Å². The maximum absolute atomic E-state index is 12.4. The van der Waals surface area contributed by atoms with E-state index < -0.39 is 0 Å². The Hall–Kier alpha value is -3.34.